The van der Waals surface area contributed by atoms with Gasteiger partial charge in [0.1, 0.15) is 11.2 Å². The van der Waals surface area contributed by atoms with E-state index in [2.05, 4.69) is 175 Å². The van der Waals surface area contributed by atoms with E-state index in [0.29, 0.717) is 11.2 Å². The van der Waals surface area contributed by atoms with E-state index >= 15 is 0 Å². The largest absolute Gasteiger partial charge is 0.455 e. The summed E-state index contributed by atoms with van der Waals surface area (Å²) in [6.45, 7) is 0. The van der Waals surface area contributed by atoms with Gasteiger partial charge in [0.25, 0.3) is 0 Å². The molecule has 11 aromatic rings. The molecule has 0 spiro atoms. The smallest absolute Gasteiger partial charge is 0.160 e. The van der Waals surface area contributed by atoms with Crippen molar-refractivity contribution in [2.75, 3.05) is 0 Å². The van der Waals surface area contributed by atoms with E-state index in [1.165, 1.54) is 76.9 Å². The molecule has 67 heavy (non-hydrogen) atoms. The van der Waals surface area contributed by atoms with Crippen molar-refractivity contribution in [2.45, 2.75) is 43.9 Å². The van der Waals surface area contributed by atoms with Crippen molar-refractivity contribution in [3.63, 3.8) is 0 Å². The maximum Gasteiger partial charge on any atom is 0.160 e. The predicted octanol–water partition coefficient (Wildman–Crippen LogP) is 16.5. The van der Waals surface area contributed by atoms with Crippen LogP contribution in [-0.2, 0) is 5.41 Å². The van der Waals surface area contributed by atoms with E-state index in [-0.39, 0.29) is 0 Å². The van der Waals surface area contributed by atoms with Gasteiger partial charge in [0.2, 0.25) is 0 Å². The third kappa shape index (κ3) is 6.45. The molecule has 4 fully saturated rings. The molecule has 4 aliphatic rings. The fourth-order valence-electron chi connectivity index (χ4n) is 13.0. The van der Waals surface area contributed by atoms with Crippen LogP contribution in [0.4, 0.5) is 0 Å². The Bertz CT molecular complexity index is 3650. The van der Waals surface area contributed by atoms with Gasteiger partial charge in [0, 0.05) is 45.2 Å². The summed E-state index contributed by atoms with van der Waals surface area (Å²) in [5.41, 5.74) is 15.2. The molecular weight excluding hydrogens is 815 g/mol. The molecule has 0 aliphatic heterocycles. The normalized spacial score (nSPS) is 19.8. The highest BCUT2D eigenvalue weighted by atomic mass is 16.3. The fraction of sp³-hybridized carbons (Fsp3) is 0.159. The van der Waals surface area contributed by atoms with E-state index < -0.39 is 0 Å². The minimum Gasteiger partial charge on any atom is -0.455 e. The molecule has 0 amide bonds. The van der Waals surface area contributed by atoms with E-state index in [4.69, 9.17) is 14.4 Å². The molecule has 320 valence electrons. The minimum absolute atomic E-state index is 0.342. The van der Waals surface area contributed by atoms with Gasteiger partial charge < -0.3 is 4.42 Å². The predicted molar refractivity (Wildman–Crippen MR) is 275 cm³/mol. The van der Waals surface area contributed by atoms with Crippen LogP contribution in [0.1, 0.15) is 44.1 Å². The molecule has 4 heteroatoms. The number of furan rings is 1. The van der Waals surface area contributed by atoms with E-state index in [9.17, 15) is 0 Å². The van der Waals surface area contributed by atoms with E-state index in [1.807, 2.05) is 24.5 Å². The summed E-state index contributed by atoms with van der Waals surface area (Å²) in [6.07, 6.45) is 12.0. The van der Waals surface area contributed by atoms with E-state index in [0.717, 1.165) is 84.3 Å². The van der Waals surface area contributed by atoms with Gasteiger partial charge >= 0.3 is 0 Å². The van der Waals surface area contributed by atoms with Crippen molar-refractivity contribution >= 4 is 43.5 Å². The zero-order valence-corrected chi connectivity index (χ0v) is 37.2. The highest BCUT2D eigenvalue weighted by Crippen LogP contribution is 2.61. The van der Waals surface area contributed by atoms with Gasteiger partial charge in [-0.3, -0.25) is 4.98 Å². The van der Waals surface area contributed by atoms with Crippen LogP contribution in [0.15, 0.2) is 199 Å². The first-order valence-corrected chi connectivity index (χ1v) is 24.1. The molecule has 4 saturated carbocycles. The molecule has 0 N–H and O–H groups in total. The number of benzene rings is 8. The quantitative estimate of drug-likeness (QED) is 0.150. The lowest BCUT2D eigenvalue weighted by atomic mass is 9.48. The van der Waals surface area contributed by atoms with Crippen molar-refractivity contribution in [1.82, 2.24) is 15.0 Å². The Morgan fingerprint density at radius 2 is 0.896 bits per heavy atom. The van der Waals surface area contributed by atoms with Gasteiger partial charge in [-0.25, -0.2) is 9.97 Å². The molecule has 0 unspecified atom stereocenters. The lowest BCUT2D eigenvalue weighted by Gasteiger charge is -2.57. The van der Waals surface area contributed by atoms with Gasteiger partial charge in [0.15, 0.2) is 5.82 Å². The second-order valence-electron chi connectivity index (χ2n) is 19.8. The number of nitrogens with zero attached hydrogens (tertiary/aromatic N) is 3. The van der Waals surface area contributed by atoms with E-state index in [1.54, 1.807) is 5.56 Å². The van der Waals surface area contributed by atoms with Gasteiger partial charge in [-0.1, -0.05) is 152 Å². The molecule has 4 bridgehead atoms. The second-order valence-corrected chi connectivity index (χ2v) is 19.8. The summed E-state index contributed by atoms with van der Waals surface area (Å²) in [7, 11) is 0. The number of hydrogen-bond donors (Lipinski definition) is 0. The number of aromatic nitrogens is 3. The Hall–Kier alpha value is -7.69. The molecule has 4 nitrogen and oxygen atoms in total. The lowest BCUT2D eigenvalue weighted by molar-refractivity contribution is -0.00518. The lowest BCUT2D eigenvalue weighted by Crippen LogP contribution is -2.48. The Kier molecular flexibility index (Phi) is 8.74. The average Bonchev–Trinajstić information content (AvgIpc) is 3.79. The molecule has 4 aliphatic carbocycles. The molecular formula is C63H47N3O. The minimum atomic E-state index is 0.342. The summed E-state index contributed by atoms with van der Waals surface area (Å²) >= 11 is 0. The number of rotatable bonds is 7. The van der Waals surface area contributed by atoms with Crippen LogP contribution in [0, 0.1) is 17.8 Å². The summed E-state index contributed by atoms with van der Waals surface area (Å²) in [6, 6.07) is 66.0. The van der Waals surface area contributed by atoms with Crippen LogP contribution in [0.5, 0.6) is 0 Å². The maximum absolute atomic E-state index is 7.23. The first-order valence-electron chi connectivity index (χ1n) is 24.1. The zero-order valence-electron chi connectivity index (χ0n) is 37.2. The van der Waals surface area contributed by atoms with Gasteiger partial charge in [-0.2, -0.15) is 0 Å². The van der Waals surface area contributed by atoms with Crippen LogP contribution in [0.3, 0.4) is 0 Å². The molecule has 3 heterocycles. The molecule has 3 aromatic heterocycles. The Morgan fingerprint density at radius 3 is 1.54 bits per heavy atom. The van der Waals surface area contributed by atoms with Gasteiger partial charge in [-0.05, 0) is 147 Å². The average molecular weight is 862 g/mol. The fourth-order valence-corrected chi connectivity index (χ4v) is 13.0. The van der Waals surface area contributed by atoms with Crippen LogP contribution >= 0.6 is 0 Å². The van der Waals surface area contributed by atoms with Crippen LogP contribution in [0.2, 0.25) is 0 Å². The van der Waals surface area contributed by atoms with Crippen molar-refractivity contribution in [3.8, 4) is 67.3 Å². The zero-order chi connectivity index (χ0) is 44.1. The Balaban J connectivity index is 0.944. The summed E-state index contributed by atoms with van der Waals surface area (Å²) in [5, 5.41) is 6.92. The molecule has 8 aromatic carbocycles. The molecule has 0 atom stereocenters. The van der Waals surface area contributed by atoms with Crippen LogP contribution < -0.4 is 0 Å². The van der Waals surface area contributed by atoms with Crippen LogP contribution in [0.25, 0.3) is 111 Å². The van der Waals surface area contributed by atoms with Gasteiger partial charge in [0.05, 0.1) is 11.4 Å². The van der Waals surface area contributed by atoms with Gasteiger partial charge in [-0.15, -0.1) is 0 Å². The maximum atomic E-state index is 7.23. The first-order chi connectivity index (χ1) is 33.1. The number of fused-ring (bicyclic) bond motifs is 8. The monoisotopic (exact) mass is 861 g/mol. The molecule has 15 rings (SSSR count). The third-order valence-electron chi connectivity index (χ3n) is 15.8. The topological polar surface area (TPSA) is 51.8 Å². The SMILES string of the molecule is c1ccc(-c2ccc(-c3ccc(-c4cc(-c5cc(-c6ccc(C78CC9CC(CC(C9)C7)C8)cc6)cc6c5oc5c7ccccc7c7ccccc7c65)nc(-c5ccncc5)n4)cc3)cc2)cc1. The van der Waals surface area contributed by atoms with Crippen LogP contribution in [-0.4, -0.2) is 15.0 Å². The molecule has 0 saturated heterocycles. The first kappa shape index (κ1) is 38.6. The summed E-state index contributed by atoms with van der Waals surface area (Å²) < 4.78 is 7.23. The van der Waals surface area contributed by atoms with Crippen molar-refractivity contribution in [1.29, 1.82) is 0 Å². The summed E-state index contributed by atoms with van der Waals surface area (Å²) in [5.74, 6) is 3.35. The summed E-state index contributed by atoms with van der Waals surface area (Å²) in [4.78, 5) is 15.0. The number of pyridine rings is 1. The standard InChI is InChI=1S/C63H47N3O/c1-2-8-42(9-3-1)43-14-16-44(17-15-43)45-18-20-47(21-19-45)57-35-58(66-62(65-57)48-26-28-64-29-27-48)55-33-49(46-22-24-50(25-23-46)63-36-39-30-40(37-63)32-41(31-39)38-63)34-56-59-53-12-6-4-10-51(53)52-11-5-7-13-54(52)61(59)67-60(55)56/h1-29,33-35,39-41H,30-32,36-38H2. The number of hydrogen-bond acceptors (Lipinski definition) is 4. The second kappa shape index (κ2) is 15.2. The molecule has 0 radical (unpaired) electrons. The Morgan fingerprint density at radius 1 is 0.388 bits per heavy atom. The van der Waals surface area contributed by atoms with Crippen molar-refractivity contribution in [3.05, 3.63) is 200 Å². The van der Waals surface area contributed by atoms with Crippen molar-refractivity contribution < 1.29 is 4.42 Å². The third-order valence-corrected chi connectivity index (χ3v) is 15.8. The highest BCUT2D eigenvalue weighted by Gasteiger charge is 2.51. The Labute approximate surface area is 390 Å². The highest BCUT2D eigenvalue weighted by molar-refractivity contribution is 6.31. The van der Waals surface area contributed by atoms with Crippen molar-refractivity contribution in [2.24, 2.45) is 17.8 Å².